The van der Waals surface area contributed by atoms with E-state index in [0.29, 0.717) is 35.4 Å². The van der Waals surface area contributed by atoms with Crippen LogP contribution in [0.1, 0.15) is 66.7 Å². The quantitative estimate of drug-likeness (QED) is 0.113. The smallest absolute Gasteiger partial charge is 0.168 e. The number of hydrogen-bond acceptors (Lipinski definition) is 6. The second-order valence-electron chi connectivity index (χ2n) is 15.4. The van der Waals surface area contributed by atoms with Crippen molar-refractivity contribution in [3.63, 3.8) is 0 Å². The molecule has 0 heterocycles. The maximum Gasteiger partial charge on any atom is 0.168 e. The van der Waals surface area contributed by atoms with Crippen molar-refractivity contribution in [3.8, 4) is 0 Å². The molecule has 6 nitrogen and oxygen atoms in total. The van der Waals surface area contributed by atoms with E-state index in [9.17, 15) is 19.8 Å². The number of allylic oxidation sites excluding steroid dienone is 4. The zero-order valence-corrected chi connectivity index (χ0v) is 32.1. The summed E-state index contributed by atoms with van der Waals surface area (Å²) in [7, 11) is 0. The first kappa shape index (κ1) is 37.5. The molecular formula is C51H46N2O4. The Morgan fingerprint density at radius 3 is 1.47 bits per heavy atom. The third kappa shape index (κ3) is 8.27. The molecule has 6 aromatic rings. The van der Waals surface area contributed by atoms with E-state index in [1.165, 1.54) is 0 Å². The van der Waals surface area contributed by atoms with E-state index in [0.717, 1.165) is 43.8 Å². The molecule has 0 amide bonds. The Balaban J connectivity index is 1.14. The van der Waals surface area contributed by atoms with Gasteiger partial charge >= 0.3 is 0 Å². The number of ketones is 2. The van der Waals surface area contributed by atoms with Crippen molar-refractivity contribution in [2.75, 3.05) is 6.54 Å². The minimum absolute atomic E-state index is 0.0206. The number of carbonyl (C=O) groups excluding carboxylic acids is 2. The van der Waals surface area contributed by atoms with Crippen LogP contribution in [-0.4, -0.2) is 45.8 Å². The monoisotopic (exact) mass is 750 g/mol. The van der Waals surface area contributed by atoms with Crippen LogP contribution >= 0.6 is 0 Å². The van der Waals surface area contributed by atoms with Gasteiger partial charge in [0.25, 0.3) is 0 Å². The molecule has 284 valence electrons. The highest BCUT2D eigenvalue weighted by atomic mass is 16.3. The van der Waals surface area contributed by atoms with E-state index in [4.69, 9.17) is 9.98 Å². The maximum absolute atomic E-state index is 14.0. The lowest BCUT2D eigenvalue weighted by Gasteiger charge is -2.27. The number of carbonyl (C=O) groups is 2. The molecule has 2 saturated carbocycles. The Bertz CT molecular complexity index is 2570. The van der Waals surface area contributed by atoms with Gasteiger partial charge in [-0.05, 0) is 75.4 Å². The summed E-state index contributed by atoms with van der Waals surface area (Å²) in [5.74, 6) is -0.362. The summed E-state index contributed by atoms with van der Waals surface area (Å²) in [5.41, 5.74) is 5.72. The maximum atomic E-state index is 14.0. The van der Waals surface area contributed by atoms with E-state index in [-0.39, 0.29) is 73.2 Å². The average molecular weight is 751 g/mol. The fraction of sp³-hybridized carbons (Fsp3) is 0.216. The lowest BCUT2D eigenvalue weighted by Crippen LogP contribution is -2.29. The molecule has 3 unspecified atom stereocenters. The topological polar surface area (TPSA) is 99.3 Å². The van der Waals surface area contributed by atoms with Gasteiger partial charge in [-0.2, -0.15) is 0 Å². The summed E-state index contributed by atoms with van der Waals surface area (Å²) in [4.78, 5) is 38.2. The summed E-state index contributed by atoms with van der Waals surface area (Å²) in [6, 6.07) is 47.7. The third-order valence-corrected chi connectivity index (χ3v) is 11.4. The molecule has 8 rings (SSSR count). The van der Waals surface area contributed by atoms with Gasteiger partial charge in [-0.25, -0.2) is 0 Å². The Morgan fingerprint density at radius 2 is 0.965 bits per heavy atom. The second-order valence-corrected chi connectivity index (χ2v) is 15.4. The average Bonchev–Trinajstić information content (AvgIpc) is 3.23. The number of aliphatic imine (C=N–C) groups is 2. The van der Waals surface area contributed by atoms with Gasteiger partial charge in [0, 0.05) is 31.4 Å². The van der Waals surface area contributed by atoms with Crippen LogP contribution in [0.2, 0.25) is 0 Å². The van der Waals surface area contributed by atoms with Crippen LogP contribution in [0.4, 0.5) is 0 Å². The fourth-order valence-electron chi connectivity index (χ4n) is 8.61. The second kappa shape index (κ2) is 16.8. The molecule has 0 saturated heterocycles. The Morgan fingerprint density at radius 1 is 0.544 bits per heavy atom. The Kier molecular flexibility index (Phi) is 11.0. The highest BCUT2D eigenvalue weighted by Crippen LogP contribution is 2.36. The van der Waals surface area contributed by atoms with Gasteiger partial charge in [-0.15, -0.1) is 0 Å². The first-order valence-corrected chi connectivity index (χ1v) is 19.9. The highest BCUT2D eigenvalue weighted by molar-refractivity contribution is 6.25. The van der Waals surface area contributed by atoms with E-state index >= 15 is 0 Å². The molecule has 2 fully saturated rings. The zero-order valence-electron chi connectivity index (χ0n) is 32.1. The number of aliphatic hydroxyl groups excluding tert-OH is 2. The molecule has 2 aliphatic rings. The van der Waals surface area contributed by atoms with Gasteiger partial charge in [0.05, 0.1) is 29.4 Å². The zero-order chi connectivity index (χ0) is 39.3. The fourth-order valence-corrected chi connectivity index (χ4v) is 8.61. The van der Waals surface area contributed by atoms with Crippen LogP contribution in [0.25, 0.3) is 21.5 Å². The molecule has 2 aliphatic carbocycles. The van der Waals surface area contributed by atoms with E-state index in [1.807, 2.05) is 153 Å². The van der Waals surface area contributed by atoms with Gasteiger partial charge in [0.2, 0.25) is 0 Å². The highest BCUT2D eigenvalue weighted by Gasteiger charge is 2.34. The summed E-state index contributed by atoms with van der Waals surface area (Å²) in [6.07, 6.45) is 1.98. The van der Waals surface area contributed by atoms with Gasteiger partial charge in [0.15, 0.2) is 11.6 Å². The van der Waals surface area contributed by atoms with Crippen molar-refractivity contribution in [3.05, 3.63) is 191 Å². The molecule has 0 bridgehead atoms. The summed E-state index contributed by atoms with van der Waals surface area (Å²) in [6.45, 7) is 2.19. The van der Waals surface area contributed by atoms with Crippen molar-refractivity contribution in [2.45, 2.75) is 63.3 Å². The lowest BCUT2D eigenvalue weighted by molar-refractivity contribution is -0.116. The predicted molar refractivity (Wildman–Crippen MR) is 231 cm³/mol. The van der Waals surface area contributed by atoms with Crippen molar-refractivity contribution in [1.29, 1.82) is 0 Å². The van der Waals surface area contributed by atoms with Gasteiger partial charge in [0.1, 0.15) is 11.5 Å². The van der Waals surface area contributed by atoms with Crippen molar-refractivity contribution in [2.24, 2.45) is 9.98 Å². The first-order valence-electron chi connectivity index (χ1n) is 19.9. The standard InChI is InChI=1S/C51H46N2O4/c1-33(53-45-27-41(35-16-6-3-7-17-35)31-49(57)51(45)47(55)29-39-23-13-21-37-19-9-11-25-43(37)39)32-52-44-26-40(34-14-4-2-5-15-34)30-48(56)50(44)46(54)28-38-22-12-20-36-18-8-10-24-42(36)38/h2-25,33,40-41,54-55H,26-32H2,1H3/b50-46+,51-47-,52-44?,53-45?. The largest absolute Gasteiger partial charge is 0.511 e. The van der Waals surface area contributed by atoms with Crippen LogP contribution in [-0.2, 0) is 22.4 Å². The van der Waals surface area contributed by atoms with Crippen molar-refractivity contribution in [1.82, 2.24) is 0 Å². The number of rotatable bonds is 9. The summed E-state index contributed by atoms with van der Waals surface area (Å²) in [5, 5.41) is 27.7. The van der Waals surface area contributed by atoms with Gasteiger partial charge in [-0.1, -0.05) is 146 Å². The molecule has 0 aliphatic heterocycles. The lowest BCUT2D eigenvalue weighted by atomic mass is 9.78. The van der Waals surface area contributed by atoms with Gasteiger partial charge in [-0.3, -0.25) is 19.6 Å². The van der Waals surface area contributed by atoms with Crippen molar-refractivity contribution < 1.29 is 19.8 Å². The van der Waals surface area contributed by atoms with E-state index in [1.54, 1.807) is 0 Å². The third-order valence-electron chi connectivity index (χ3n) is 11.4. The molecule has 6 heteroatoms. The van der Waals surface area contributed by atoms with E-state index < -0.39 is 0 Å². The molecule has 3 atom stereocenters. The molecule has 57 heavy (non-hydrogen) atoms. The molecule has 6 aromatic carbocycles. The summed E-state index contributed by atoms with van der Waals surface area (Å²) < 4.78 is 0. The first-order chi connectivity index (χ1) is 27.8. The van der Waals surface area contributed by atoms with Crippen LogP contribution < -0.4 is 0 Å². The number of aliphatic hydroxyl groups is 2. The molecule has 0 spiro atoms. The minimum Gasteiger partial charge on any atom is -0.511 e. The Hall–Kier alpha value is -6.40. The SMILES string of the molecule is CC(CN=C1CC(c2ccccc2)CC(=O)/C1=C(/O)Cc1cccc2ccccc12)N=C1CC(c2ccccc2)CC(=O)/C1=C(\O)Cc1cccc2ccccc12. The molecule has 2 N–H and O–H groups in total. The molecule has 0 radical (unpaired) electrons. The van der Waals surface area contributed by atoms with Crippen LogP contribution in [0, 0.1) is 0 Å². The van der Waals surface area contributed by atoms with Crippen LogP contribution in [0.5, 0.6) is 0 Å². The van der Waals surface area contributed by atoms with Crippen molar-refractivity contribution >= 4 is 44.5 Å². The number of Topliss-reactive ketones (excluding diaryl/α,β-unsaturated/α-hetero) is 2. The number of nitrogens with zero attached hydrogens (tertiary/aromatic N) is 2. The van der Waals surface area contributed by atoms with Crippen LogP contribution in [0.3, 0.4) is 0 Å². The van der Waals surface area contributed by atoms with Crippen LogP contribution in [0.15, 0.2) is 178 Å². The predicted octanol–water partition coefficient (Wildman–Crippen LogP) is 11.0. The number of fused-ring (bicyclic) bond motifs is 2. The number of hydrogen-bond donors (Lipinski definition) is 2. The normalized spacial score (nSPS) is 21.3. The Labute approximate surface area is 333 Å². The van der Waals surface area contributed by atoms with Gasteiger partial charge < -0.3 is 10.2 Å². The molecular weight excluding hydrogens is 705 g/mol. The minimum atomic E-state index is -0.385. The molecule has 0 aromatic heterocycles. The number of benzene rings is 6. The summed E-state index contributed by atoms with van der Waals surface area (Å²) >= 11 is 0. The van der Waals surface area contributed by atoms with E-state index in [2.05, 4.69) is 0 Å².